The number of carboxylic acids is 2. The lowest BCUT2D eigenvalue weighted by molar-refractivity contribution is -0.134. The molecule has 154 valence electrons. The number of benzene rings is 2. The first-order valence-electron chi connectivity index (χ1n) is 8.86. The molecule has 0 saturated heterocycles. The Labute approximate surface area is 177 Å². The van der Waals surface area contributed by atoms with Crippen LogP contribution >= 0.6 is 23.5 Å². The van der Waals surface area contributed by atoms with Gasteiger partial charge in [-0.05, 0) is 48.9 Å². The van der Waals surface area contributed by atoms with Gasteiger partial charge in [-0.3, -0.25) is 0 Å². The monoisotopic (exact) mass is 435 g/mol. The third-order valence-corrected chi connectivity index (χ3v) is 6.43. The fourth-order valence-corrected chi connectivity index (χ4v) is 5.15. The molecule has 1 heterocycles. The molecule has 0 amide bonds. The number of carboxylic acid groups (broad SMARTS) is 2. The SMILES string of the molecule is CNCCSC1Cc2cc(F)ccc2Sc2ccccc21.O=C(O)/C=C\C(=O)O. The van der Waals surface area contributed by atoms with Gasteiger partial charge in [0.1, 0.15) is 5.82 Å². The van der Waals surface area contributed by atoms with Gasteiger partial charge < -0.3 is 15.5 Å². The van der Waals surface area contributed by atoms with Crippen LogP contribution in [0.25, 0.3) is 0 Å². The highest BCUT2D eigenvalue weighted by Gasteiger charge is 2.22. The van der Waals surface area contributed by atoms with Crippen molar-refractivity contribution in [3.63, 3.8) is 0 Å². The van der Waals surface area contributed by atoms with Crippen LogP contribution in [0.1, 0.15) is 16.4 Å². The molecule has 8 heteroatoms. The summed E-state index contributed by atoms with van der Waals surface area (Å²) in [6.07, 6.45) is 2.01. The van der Waals surface area contributed by atoms with Gasteiger partial charge >= 0.3 is 11.9 Å². The Morgan fingerprint density at radius 3 is 2.52 bits per heavy atom. The highest BCUT2D eigenvalue weighted by molar-refractivity contribution is 8.00. The third-order valence-electron chi connectivity index (χ3n) is 3.95. The number of hydrogen-bond donors (Lipinski definition) is 3. The molecule has 1 unspecified atom stereocenters. The van der Waals surface area contributed by atoms with Crippen molar-refractivity contribution in [2.75, 3.05) is 19.3 Å². The summed E-state index contributed by atoms with van der Waals surface area (Å²) >= 11 is 3.71. The Morgan fingerprint density at radius 1 is 1.17 bits per heavy atom. The molecule has 0 fully saturated rings. The van der Waals surface area contributed by atoms with Gasteiger partial charge in [-0.1, -0.05) is 30.0 Å². The van der Waals surface area contributed by atoms with E-state index in [-0.39, 0.29) is 5.82 Å². The van der Waals surface area contributed by atoms with Gasteiger partial charge in [0, 0.05) is 39.5 Å². The first-order chi connectivity index (χ1) is 13.9. The summed E-state index contributed by atoms with van der Waals surface area (Å²) in [6, 6.07) is 13.7. The van der Waals surface area contributed by atoms with Crippen LogP contribution < -0.4 is 5.32 Å². The zero-order chi connectivity index (χ0) is 21.2. The minimum Gasteiger partial charge on any atom is -0.478 e. The number of halogens is 1. The zero-order valence-corrected chi connectivity index (χ0v) is 17.4. The molecule has 29 heavy (non-hydrogen) atoms. The second kappa shape index (κ2) is 11.6. The first kappa shape index (κ1) is 23.0. The molecule has 2 aromatic carbocycles. The maximum atomic E-state index is 13.6. The van der Waals surface area contributed by atoms with Gasteiger partial charge in [0.15, 0.2) is 0 Å². The lowest BCUT2D eigenvalue weighted by atomic mass is 10.0. The van der Waals surface area contributed by atoms with Crippen LogP contribution in [-0.2, 0) is 16.0 Å². The molecule has 5 nitrogen and oxygen atoms in total. The van der Waals surface area contributed by atoms with E-state index in [0.29, 0.717) is 17.4 Å². The van der Waals surface area contributed by atoms with Crippen LogP contribution in [-0.4, -0.2) is 41.5 Å². The molecule has 0 aliphatic carbocycles. The Balaban J connectivity index is 0.000000321. The minimum absolute atomic E-state index is 0.140. The number of hydrogen-bond acceptors (Lipinski definition) is 5. The van der Waals surface area contributed by atoms with Crippen LogP contribution in [0.15, 0.2) is 64.4 Å². The van der Waals surface area contributed by atoms with Crippen LogP contribution in [0.2, 0.25) is 0 Å². The Hall–Kier alpha value is -2.29. The van der Waals surface area contributed by atoms with E-state index in [1.54, 1.807) is 23.9 Å². The lowest BCUT2D eigenvalue weighted by Gasteiger charge is -2.17. The summed E-state index contributed by atoms with van der Waals surface area (Å²) in [5.74, 6) is -1.59. The number of aliphatic carboxylic acids is 2. The Bertz CT molecular complexity index is 873. The fraction of sp³-hybridized carbons (Fsp3) is 0.238. The van der Waals surface area contributed by atoms with E-state index in [1.165, 1.54) is 15.4 Å². The van der Waals surface area contributed by atoms with Crippen molar-refractivity contribution >= 4 is 35.5 Å². The van der Waals surface area contributed by atoms with Crippen molar-refractivity contribution in [3.8, 4) is 0 Å². The molecule has 1 aliphatic heterocycles. The van der Waals surface area contributed by atoms with Crippen molar-refractivity contribution in [1.82, 2.24) is 5.32 Å². The molecule has 0 aromatic heterocycles. The van der Waals surface area contributed by atoms with Crippen molar-refractivity contribution in [1.29, 1.82) is 0 Å². The van der Waals surface area contributed by atoms with Crippen LogP contribution in [0.5, 0.6) is 0 Å². The molecule has 2 aromatic rings. The van der Waals surface area contributed by atoms with E-state index in [1.807, 2.05) is 24.9 Å². The molecule has 0 saturated carbocycles. The average molecular weight is 436 g/mol. The van der Waals surface area contributed by atoms with Crippen LogP contribution in [0.3, 0.4) is 0 Å². The van der Waals surface area contributed by atoms with Crippen molar-refractivity contribution in [2.45, 2.75) is 21.5 Å². The highest BCUT2D eigenvalue weighted by Crippen LogP contribution is 2.45. The molecule has 3 rings (SSSR count). The largest absolute Gasteiger partial charge is 0.478 e. The second-order valence-electron chi connectivity index (χ2n) is 6.07. The summed E-state index contributed by atoms with van der Waals surface area (Å²) in [6.45, 7) is 0.993. The molecule has 0 radical (unpaired) electrons. The minimum atomic E-state index is -1.26. The Morgan fingerprint density at radius 2 is 1.86 bits per heavy atom. The third kappa shape index (κ3) is 7.56. The van der Waals surface area contributed by atoms with E-state index in [0.717, 1.165) is 24.3 Å². The van der Waals surface area contributed by atoms with Crippen LogP contribution in [0, 0.1) is 5.82 Å². The molecule has 0 spiro atoms. The van der Waals surface area contributed by atoms with E-state index in [9.17, 15) is 14.0 Å². The highest BCUT2D eigenvalue weighted by atomic mass is 32.2. The van der Waals surface area contributed by atoms with E-state index < -0.39 is 11.9 Å². The first-order valence-corrected chi connectivity index (χ1v) is 10.7. The number of fused-ring (bicyclic) bond motifs is 2. The molecular weight excluding hydrogens is 413 g/mol. The zero-order valence-electron chi connectivity index (χ0n) is 15.8. The molecule has 1 atom stereocenters. The normalized spacial score (nSPS) is 14.9. The molecule has 1 aliphatic rings. The van der Waals surface area contributed by atoms with E-state index in [2.05, 4.69) is 29.6 Å². The van der Waals surface area contributed by atoms with Gasteiger partial charge in [-0.25, -0.2) is 14.0 Å². The van der Waals surface area contributed by atoms with Crippen molar-refractivity contribution in [2.24, 2.45) is 0 Å². The predicted octanol–water partition coefficient (Wildman–Crippen LogP) is 4.24. The summed E-state index contributed by atoms with van der Waals surface area (Å²) in [5.41, 5.74) is 2.50. The van der Waals surface area contributed by atoms with E-state index in [4.69, 9.17) is 10.2 Å². The summed E-state index contributed by atoms with van der Waals surface area (Å²) in [5, 5.41) is 19.2. The van der Waals surface area contributed by atoms with Gasteiger partial charge in [0.25, 0.3) is 0 Å². The second-order valence-corrected chi connectivity index (χ2v) is 8.46. The molecule has 3 N–H and O–H groups in total. The Kier molecular flexibility index (Phi) is 9.24. The fourth-order valence-electron chi connectivity index (χ4n) is 2.67. The molecule has 0 bridgehead atoms. The van der Waals surface area contributed by atoms with Gasteiger partial charge in [-0.15, -0.1) is 0 Å². The summed E-state index contributed by atoms with van der Waals surface area (Å²) < 4.78 is 13.6. The smallest absolute Gasteiger partial charge is 0.328 e. The average Bonchev–Trinajstić information content (AvgIpc) is 2.83. The summed E-state index contributed by atoms with van der Waals surface area (Å²) in [4.78, 5) is 21.6. The summed E-state index contributed by atoms with van der Waals surface area (Å²) in [7, 11) is 1.97. The van der Waals surface area contributed by atoms with Gasteiger partial charge in [0.2, 0.25) is 0 Å². The topological polar surface area (TPSA) is 86.6 Å². The van der Waals surface area contributed by atoms with Crippen LogP contribution in [0.4, 0.5) is 4.39 Å². The van der Waals surface area contributed by atoms with Crippen molar-refractivity contribution < 1.29 is 24.2 Å². The molecular formula is C21H22FNO4S2. The standard InChI is InChI=1S/C17H18FNS2.C4H4O4/c1-19-8-9-20-17-11-12-10-13(18)6-7-15(12)21-16-5-3-2-4-14(16)17;5-3(6)1-2-4(7)8/h2-7,10,17,19H,8-9,11H2,1H3;1-2H,(H,5,6)(H,7,8)/b;2-1-. The number of carbonyl (C=O) groups is 2. The quantitative estimate of drug-likeness (QED) is 0.462. The maximum absolute atomic E-state index is 13.6. The lowest BCUT2D eigenvalue weighted by Crippen LogP contribution is -2.11. The number of rotatable bonds is 6. The predicted molar refractivity (Wildman–Crippen MR) is 114 cm³/mol. The van der Waals surface area contributed by atoms with Crippen molar-refractivity contribution in [3.05, 3.63) is 71.6 Å². The number of nitrogens with one attached hydrogen (secondary N) is 1. The maximum Gasteiger partial charge on any atom is 0.328 e. The van der Waals surface area contributed by atoms with Gasteiger partial charge in [-0.2, -0.15) is 11.8 Å². The van der Waals surface area contributed by atoms with Gasteiger partial charge in [0.05, 0.1) is 0 Å². The van der Waals surface area contributed by atoms with E-state index >= 15 is 0 Å². The number of thioether (sulfide) groups is 1.